The van der Waals surface area contributed by atoms with Crippen molar-refractivity contribution in [3.63, 3.8) is 0 Å². The van der Waals surface area contributed by atoms with Crippen LogP contribution in [0.2, 0.25) is 5.02 Å². The van der Waals surface area contributed by atoms with Crippen molar-refractivity contribution in [1.29, 1.82) is 0 Å². The third-order valence-electron chi connectivity index (χ3n) is 3.18. The average molecular weight is 340 g/mol. The Bertz CT molecular complexity index is 572. The molecular weight excluding hydrogens is 324 g/mol. The highest BCUT2D eigenvalue weighted by atomic mass is 79.9. The van der Waals surface area contributed by atoms with E-state index in [0.717, 1.165) is 27.0 Å². The Kier molecular flexibility index (Phi) is 4.99. The second kappa shape index (κ2) is 6.53. The zero-order chi connectivity index (χ0) is 13.8. The maximum Gasteiger partial charge on any atom is 0.0515 e. The molecule has 0 radical (unpaired) electrons. The van der Waals surface area contributed by atoms with E-state index in [1.165, 1.54) is 5.56 Å². The van der Waals surface area contributed by atoms with E-state index in [1.807, 2.05) is 43.3 Å². The molecule has 0 spiro atoms. The summed E-state index contributed by atoms with van der Waals surface area (Å²) in [5.74, 6) is 5.70. The van der Waals surface area contributed by atoms with E-state index < -0.39 is 0 Å². The molecule has 0 heterocycles. The van der Waals surface area contributed by atoms with Crippen molar-refractivity contribution in [2.45, 2.75) is 19.4 Å². The van der Waals surface area contributed by atoms with Crippen LogP contribution in [-0.4, -0.2) is 0 Å². The molecule has 4 heteroatoms. The van der Waals surface area contributed by atoms with Gasteiger partial charge in [0.1, 0.15) is 0 Å². The van der Waals surface area contributed by atoms with Gasteiger partial charge in [-0.15, -0.1) is 0 Å². The van der Waals surface area contributed by atoms with Crippen LogP contribution in [0.5, 0.6) is 0 Å². The first kappa shape index (κ1) is 14.5. The van der Waals surface area contributed by atoms with E-state index >= 15 is 0 Å². The van der Waals surface area contributed by atoms with Gasteiger partial charge < -0.3 is 0 Å². The highest BCUT2D eigenvalue weighted by Crippen LogP contribution is 2.29. The van der Waals surface area contributed by atoms with Crippen molar-refractivity contribution < 1.29 is 0 Å². The normalized spacial score (nSPS) is 12.4. The lowest BCUT2D eigenvalue weighted by Gasteiger charge is -2.19. The van der Waals surface area contributed by atoms with Crippen LogP contribution in [0.25, 0.3) is 0 Å². The fourth-order valence-electron chi connectivity index (χ4n) is 2.08. The van der Waals surface area contributed by atoms with Crippen molar-refractivity contribution in [1.82, 2.24) is 5.43 Å². The molecular formula is C15H16BrClN2. The molecule has 0 aromatic heterocycles. The lowest BCUT2D eigenvalue weighted by Crippen LogP contribution is -2.30. The van der Waals surface area contributed by atoms with E-state index in [2.05, 4.69) is 27.4 Å². The van der Waals surface area contributed by atoms with Crippen LogP contribution < -0.4 is 11.3 Å². The van der Waals surface area contributed by atoms with Crippen LogP contribution in [0.15, 0.2) is 46.9 Å². The van der Waals surface area contributed by atoms with E-state index in [1.54, 1.807) is 0 Å². The van der Waals surface area contributed by atoms with Crippen LogP contribution >= 0.6 is 27.5 Å². The zero-order valence-electron chi connectivity index (χ0n) is 10.7. The Morgan fingerprint density at radius 1 is 1.21 bits per heavy atom. The van der Waals surface area contributed by atoms with Gasteiger partial charge in [0.15, 0.2) is 0 Å². The third kappa shape index (κ3) is 3.37. The Balaban J connectivity index is 2.31. The van der Waals surface area contributed by atoms with Gasteiger partial charge in [0.05, 0.1) is 6.04 Å². The van der Waals surface area contributed by atoms with Gasteiger partial charge in [-0.2, -0.15) is 0 Å². The molecule has 0 saturated carbocycles. The van der Waals surface area contributed by atoms with Crippen LogP contribution in [0.4, 0.5) is 0 Å². The van der Waals surface area contributed by atoms with E-state index in [4.69, 9.17) is 17.4 Å². The molecule has 2 nitrogen and oxygen atoms in total. The smallest absolute Gasteiger partial charge is 0.0515 e. The van der Waals surface area contributed by atoms with Crippen molar-refractivity contribution in [2.75, 3.05) is 0 Å². The maximum absolute atomic E-state index is 6.37. The Labute approximate surface area is 127 Å². The molecule has 19 heavy (non-hydrogen) atoms. The summed E-state index contributed by atoms with van der Waals surface area (Å²) in [6.07, 6.45) is 0.779. The number of rotatable bonds is 4. The van der Waals surface area contributed by atoms with Gasteiger partial charge in [0.2, 0.25) is 0 Å². The molecule has 2 aromatic carbocycles. The zero-order valence-corrected chi connectivity index (χ0v) is 13.0. The van der Waals surface area contributed by atoms with Gasteiger partial charge in [-0.1, -0.05) is 63.9 Å². The summed E-state index contributed by atoms with van der Waals surface area (Å²) in [5.41, 5.74) is 6.14. The number of aryl methyl sites for hydroxylation is 1. The Morgan fingerprint density at radius 2 is 1.95 bits per heavy atom. The quantitative estimate of drug-likeness (QED) is 0.648. The minimum atomic E-state index is -0.00824. The number of hydrogen-bond acceptors (Lipinski definition) is 2. The highest BCUT2D eigenvalue weighted by molar-refractivity contribution is 9.10. The molecule has 0 amide bonds. The topological polar surface area (TPSA) is 38.0 Å². The summed E-state index contributed by atoms with van der Waals surface area (Å²) in [5, 5.41) is 0.775. The van der Waals surface area contributed by atoms with Gasteiger partial charge in [0, 0.05) is 9.50 Å². The minimum absolute atomic E-state index is 0.00824. The largest absolute Gasteiger partial charge is 0.271 e. The van der Waals surface area contributed by atoms with Crippen LogP contribution in [0, 0.1) is 6.92 Å². The predicted octanol–water partition coefficient (Wildman–Crippen LogP) is 4.16. The highest BCUT2D eigenvalue weighted by Gasteiger charge is 2.16. The second-order valence-electron chi connectivity index (χ2n) is 4.49. The van der Waals surface area contributed by atoms with Crippen molar-refractivity contribution in [3.8, 4) is 0 Å². The molecule has 1 atom stereocenters. The number of nitrogens with one attached hydrogen (secondary N) is 1. The average Bonchev–Trinajstić information content (AvgIpc) is 2.41. The lowest BCUT2D eigenvalue weighted by molar-refractivity contribution is 0.551. The molecule has 0 aliphatic heterocycles. The van der Waals surface area contributed by atoms with E-state index in [9.17, 15) is 0 Å². The fraction of sp³-hybridized carbons (Fsp3) is 0.200. The van der Waals surface area contributed by atoms with Crippen LogP contribution in [0.3, 0.4) is 0 Å². The summed E-state index contributed by atoms with van der Waals surface area (Å²) in [6.45, 7) is 2.00. The molecule has 0 bridgehead atoms. The van der Waals surface area contributed by atoms with Crippen molar-refractivity contribution in [3.05, 3.63) is 68.7 Å². The van der Waals surface area contributed by atoms with Gasteiger partial charge in [-0.05, 0) is 36.1 Å². The molecule has 100 valence electrons. The van der Waals surface area contributed by atoms with E-state index in [0.29, 0.717) is 0 Å². The molecule has 2 rings (SSSR count). The SMILES string of the molecule is Cc1cccc(C(Cc2ccccc2Br)NN)c1Cl. The molecule has 0 aliphatic carbocycles. The molecule has 3 N–H and O–H groups in total. The monoisotopic (exact) mass is 338 g/mol. The third-order valence-corrected chi connectivity index (χ3v) is 4.47. The number of hydrogen-bond donors (Lipinski definition) is 2. The first-order valence-electron chi connectivity index (χ1n) is 6.08. The minimum Gasteiger partial charge on any atom is -0.271 e. The summed E-state index contributed by atoms with van der Waals surface area (Å²) in [4.78, 5) is 0. The second-order valence-corrected chi connectivity index (χ2v) is 5.73. The van der Waals surface area contributed by atoms with Gasteiger partial charge in [-0.3, -0.25) is 11.3 Å². The van der Waals surface area contributed by atoms with Crippen molar-refractivity contribution >= 4 is 27.5 Å². The summed E-state index contributed by atoms with van der Waals surface area (Å²) in [6, 6.07) is 14.1. The first-order chi connectivity index (χ1) is 9.13. The Hall–Kier alpha value is -0.870. The van der Waals surface area contributed by atoms with E-state index in [-0.39, 0.29) is 6.04 Å². The van der Waals surface area contributed by atoms with Crippen LogP contribution in [-0.2, 0) is 6.42 Å². The van der Waals surface area contributed by atoms with Gasteiger partial charge in [0.25, 0.3) is 0 Å². The fourth-order valence-corrected chi connectivity index (χ4v) is 2.79. The molecule has 0 saturated heterocycles. The molecule has 0 fully saturated rings. The maximum atomic E-state index is 6.37. The molecule has 1 unspecified atom stereocenters. The number of halogens is 2. The van der Waals surface area contributed by atoms with Gasteiger partial charge in [-0.25, -0.2) is 0 Å². The number of benzene rings is 2. The number of nitrogens with two attached hydrogens (primary N) is 1. The Morgan fingerprint density at radius 3 is 2.63 bits per heavy atom. The summed E-state index contributed by atoms with van der Waals surface area (Å²) < 4.78 is 1.08. The lowest BCUT2D eigenvalue weighted by atomic mass is 9.98. The molecule has 0 aliphatic rings. The standard InChI is InChI=1S/C15H16BrClN2/c1-10-5-4-7-12(15(10)17)14(19-18)9-11-6-2-3-8-13(11)16/h2-8,14,19H,9,18H2,1H3. The van der Waals surface area contributed by atoms with Crippen LogP contribution in [0.1, 0.15) is 22.7 Å². The van der Waals surface area contributed by atoms with Gasteiger partial charge >= 0.3 is 0 Å². The predicted molar refractivity (Wildman–Crippen MR) is 84.1 cm³/mol. The summed E-state index contributed by atoms with van der Waals surface area (Å²) in [7, 11) is 0. The summed E-state index contributed by atoms with van der Waals surface area (Å²) >= 11 is 9.92. The number of hydrazine groups is 1. The first-order valence-corrected chi connectivity index (χ1v) is 7.25. The van der Waals surface area contributed by atoms with Crippen molar-refractivity contribution in [2.24, 2.45) is 5.84 Å². The molecule has 2 aromatic rings.